The van der Waals surface area contributed by atoms with Crippen molar-refractivity contribution in [1.82, 2.24) is 19.3 Å². The van der Waals surface area contributed by atoms with Crippen LogP contribution in [0, 0.1) is 3.57 Å². The Balaban J connectivity index is 1.51. The SMILES string of the molecule is COCCc1nc2c(N)nc3ccccc3c2n1CCCCNS(=O)(=O)c1ccc(I)cc1. The zero-order valence-electron chi connectivity index (χ0n) is 18.3. The summed E-state index contributed by atoms with van der Waals surface area (Å²) >= 11 is 2.15. The van der Waals surface area contributed by atoms with Gasteiger partial charge in [0, 0.05) is 35.6 Å². The van der Waals surface area contributed by atoms with E-state index in [0.29, 0.717) is 43.9 Å². The highest BCUT2D eigenvalue weighted by Crippen LogP contribution is 2.29. The van der Waals surface area contributed by atoms with Gasteiger partial charge in [-0.15, -0.1) is 0 Å². The first-order valence-corrected chi connectivity index (χ1v) is 13.2. The second kappa shape index (κ2) is 10.3. The molecule has 4 aromatic rings. The fourth-order valence-electron chi connectivity index (χ4n) is 3.83. The number of nitrogens with two attached hydrogens (primary N) is 1. The van der Waals surface area contributed by atoms with Crippen molar-refractivity contribution in [3.05, 3.63) is 57.9 Å². The quantitative estimate of drug-likeness (QED) is 0.219. The zero-order valence-corrected chi connectivity index (χ0v) is 21.3. The van der Waals surface area contributed by atoms with Gasteiger partial charge in [-0.05, 0) is 65.8 Å². The van der Waals surface area contributed by atoms with Gasteiger partial charge in [0.25, 0.3) is 0 Å². The summed E-state index contributed by atoms with van der Waals surface area (Å²) in [5, 5.41) is 0.997. The number of unbranched alkanes of at least 4 members (excludes halogenated alkanes) is 1. The molecule has 4 rings (SSSR count). The normalized spacial score (nSPS) is 12.1. The number of nitrogens with one attached hydrogen (secondary N) is 1. The van der Waals surface area contributed by atoms with Gasteiger partial charge in [0.05, 0.1) is 22.5 Å². The van der Waals surface area contributed by atoms with Crippen LogP contribution in [-0.2, 0) is 27.7 Å². The molecule has 0 spiro atoms. The van der Waals surface area contributed by atoms with E-state index in [1.165, 1.54) is 0 Å². The van der Waals surface area contributed by atoms with Crippen molar-refractivity contribution in [3.63, 3.8) is 0 Å². The lowest BCUT2D eigenvalue weighted by atomic mass is 10.2. The minimum absolute atomic E-state index is 0.278. The molecule has 2 aromatic carbocycles. The molecule has 0 fully saturated rings. The smallest absolute Gasteiger partial charge is 0.240 e. The summed E-state index contributed by atoms with van der Waals surface area (Å²) in [6, 6.07) is 14.7. The van der Waals surface area contributed by atoms with E-state index in [4.69, 9.17) is 15.5 Å². The van der Waals surface area contributed by atoms with Gasteiger partial charge in [-0.1, -0.05) is 18.2 Å². The average molecular weight is 579 g/mol. The molecule has 0 aliphatic heterocycles. The first-order valence-electron chi connectivity index (χ1n) is 10.7. The van der Waals surface area contributed by atoms with E-state index < -0.39 is 10.0 Å². The summed E-state index contributed by atoms with van der Waals surface area (Å²) in [4.78, 5) is 9.55. The number of nitrogen functional groups attached to an aromatic ring is 1. The van der Waals surface area contributed by atoms with Crippen molar-refractivity contribution < 1.29 is 13.2 Å². The number of aromatic nitrogens is 3. The van der Waals surface area contributed by atoms with E-state index in [1.807, 2.05) is 24.3 Å². The molecule has 0 saturated carbocycles. The van der Waals surface area contributed by atoms with Crippen LogP contribution in [0.3, 0.4) is 0 Å². The Kier molecular flexibility index (Phi) is 7.47. The Morgan fingerprint density at radius 1 is 1.09 bits per heavy atom. The number of pyridine rings is 1. The maximum atomic E-state index is 12.5. The number of imidazole rings is 1. The molecule has 0 amide bonds. The van der Waals surface area contributed by atoms with Gasteiger partial charge in [-0.3, -0.25) is 0 Å². The van der Waals surface area contributed by atoms with Gasteiger partial charge in [-0.25, -0.2) is 23.1 Å². The molecule has 10 heteroatoms. The first-order chi connectivity index (χ1) is 15.9. The number of aryl methyl sites for hydroxylation is 1. The van der Waals surface area contributed by atoms with Gasteiger partial charge in [0.2, 0.25) is 10.0 Å². The van der Waals surface area contributed by atoms with Gasteiger partial charge >= 0.3 is 0 Å². The number of fused-ring (bicyclic) bond motifs is 3. The van der Waals surface area contributed by atoms with Crippen LogP contribution < -0.4 is 10.5 Å². The number of halogens is 1. The molecule has 0 atom stereocenters. The number of hydrogen-bond donors (Lipinski definition) is 2. The molecule has 8 nitrogen and oxygen atoms in total. The minimum Gasteiger partial charge on any atom is -0.384 e. The third-order valence-corrected chi connectivity index (χ3v) is 7.64. The van der Waals surface area contributed by atoms with E-state index in [9.17, 15) is 8.42 Å². The maximum Gasteiger partial charge on any atom is 0.240 e. The average Bonchev–Trinajstić information content (AvgIpc) is 3.17. The highest BCUT2D eigenvalue weighted by Gasteiger charge is 2.17. The molecule has 3 N–H and O–H groups in total. The second-order valence-corrected chi connectivity index (χ2v) is 10.7. The molecule has 0 aliphatic rings. The van der Waals surface area contributed by atoms with Crippen LogP contribution in [0.15, 0.2) is 53.4 Å². The molecular formula is C23H26IN5O3S. The standard InChI is InChI=1S/C23H26IN5O3S/c1-32-15-12-20-28-21-22(18-6-2-3-7-19(18)27-23(21)25)29(20)14-5-4-13-26-33(30,31)17-10-8-16(24)9-11-17/h2-3,6-11,26H,4-5,12-15H2,1H3,(H2,25,27). The molecule has 0 saturated heterocycles. The Morgan fingerprint density at radius 2 is 1.85 bits per heavy atom. The summed E-state index contributed by atoms with van der Waals surface area (Å²) in [6.45, 7) is 1.59. The number of ether oxygens (including phenoxy) is 1. The third-order valence-electron chi connectivity index (χ3n) is 5.44. The highest BCUT2D eigenvalue weighted by atomic mass is 127. The molecule has 0 radical (unpaired) electrons. The summed E-state index contributed by atoms with van der Waals surface area (Å²) < 4.78 is 36.1. The Hall–Kier alpha value is -2.28. The lowest BCUT2D eigenvalue weighted by molar-refractivity contribution is 0.199. The van der Waals surface area contributed by atoms with E-state index in [0.717, 1.165) is 32.2 Å². The largest absolute Gasteiger partial charge is 0.384 e. The lowest BCUT2D eigenvalue weighted by Gasteiger charge is -2.11. The van der Waals surface area contributed by atoms with Crippen LogP contribution in [0.5, 0.6) is 0 Å². The van der Waals surface area contributed by atoms with Gasteiger partial charge < -0.3 is 15.0 Å². The predicted molar refractivity (Wildman–Crippen MR) is 139 cm³/mol. The number of benzene rings is 2. The van der Waals surface area contributed by atoms with Crippen molar-refractivity contribution in [1.29, 1.82) is 0 Å². The number of nitrogens with zero attached hydrogens (tertiary/aromatic N) is 3. The summed E-state index contributed by atoms with van der Waals surface area (Å²) in [5.74, 6) is 1.29. The maximum absolute atomic E-state index is 12.5. The summed E-state index contributed by atoms with van der Waals surface area (Å²) in [5.41, 5.74) is 8.71. The van der Waals surface area contributed by atoms with Crippen molar-refractivity contribution >= 4 is 60.4 Å². The van der Waals surface area contributed by atoms with Crippen molar-refractivity contribution in [2.24, 2.45) is 0 Å². The minimum atomic E-state index is -3.51. The zero-order chi connectivity index (χ0) is 23.4. The Morgan fingerprint density at radius 3 is 2.61 bits per heavy atom. The van der Waals surface area contributed by atoms with Crippen molar-refractivity contribution in [2.75, 3.05) is 26.0 Å². The number of methoxy groups -OCH3 is 1. The number of rotatable bonds is 10. The van der Waals surface area contributed by atoms with Crippen LogP contribution in [0.1, 0.15) is 18.7 Å². The van der Waals surface area contributed by atoms with Crippen LogP contribution in [0.4, 0.5) is 5.82 Å². The van der Waals surface area contributed by atoms with E-state index in [-0.39, 0.29) is 4.90 Å². The molecular weight excluding hydrogens is 553 g/mol. The molecule has 0 aliphatic carbocycles. The summed E-state index contributed by atoms with van der Waals surface area (Å²) in [6.07, 6.45) is 2.11. The van der Waals surface area contributed by atoms with Crippen LogP contribution in [0.25, 0.3) is 21.9 Å². The predicted octanol–water partition coefficient (Wildman–Crippen LogP) is 3.72. The molecule has 33 heavy (non-hydrogen) atoms. The Labute approximate surface area is 206 Å². The number of anilines is 1. The van der Waals surface area contributed by atoms with E-state index in [1.54, 1.807) is 31.4 Å². The van der Waals surface area contributed by atoms with Crippen molar-refractivity contribution in [3.8, 4) is 0 Å². The topological polar surface area (TPSA) is 112 Å². The van der Waals surface area contributed by atoms with E-state index >= 15 is 0 Å². The first kappa shape index (κ1) is 23.9. The summed E-state index contributed by atoms with van der Waals surface area (Å²) in [7, 11) is -1.85. The van der Waals surface area contributed by atoms with Crippen molar-refractivity contribution in [2.45, 2.75) is 30.7 Å². The number of hydrogen-bond acceptors (Lipinski definition) is 6. The van der Waals surface area contributed by atoms with Gasteiger partial charge in [-0.2, -0.15) is 0 Å². The van der Waals surface area contributed by atoms with Gasteiger partial charge in [0.15, 0.2) is 5.82 Å². The molecule has 0 bridgehead atoms. The highest BCUT2D eigenvalue weighted by molar-refractivity contribution is 14.1. The van der Waals surface area contributed by atoms with Crippen LogP contribution in [-0.4, -0.2) is 43.2 Å². The fourth-order valence-corrected chi connectivity index (χ4v) is 5.26. The number of para-hydroxylation sites is 1. The second-order valence-electron chi connectivity index (χ2n) is 7.69. The molecule has 174 valence electrons. The lowest BCUT2D eigenvalue weighted by Crippen LogP contribution is -2.25. The van der Waals surface area contributed by atoms with Crippen LogP contribution in [0.2, 0.25) is 0 Å². The van der Waals surface area contributed by atoms with Gasteiger partial charge in [0.1, 0.15) is 11.3 Å². The monoisotopic (exact) mass is 579 g/mol. The molecule has 2 heterocycles. The Bertz CT molecular complexity index is 1370. The molecule has 2 aromatic heterocycles. The number of sulfonamides is 1. The molecule has 0 unspecified atom stereocenters. The third kappa shape index (κ3) is 5.29. The fraction of sp³-hybridized carbons (Fsp3) is 0.304. The van der Waals surface area contributed by atoms with E-state index in [2.05, 4.69) is 36.9 Å². The van der Waals surface area contributed by atoms with Crippen LogP contribution >= 0.6 is 22.6 Å².